The van der Waals surface area contributed by atoms with E-state index in [0.29, 0.717) is 26.9 Å². The van der Waals surface area contributed by atoms with E-state index in [1.54, 1.807) is 12.1 Å². The highest BCUT2D eigenvalue weighted by molar-refractivity contribution is 9.10. The zero-order valence-electron chi connectivity index (χ0n) is 7.92. The fraction of sp³-hybridized carbons (Fsp3) is 0.200. The second-order valence-corrected chi connectivity index (χ2v) is 4.10. The summed E-state index contributed by atoms with van der Waals surface area (Å²) in [5, 5.41) is 0.352. The lowest BCUT2D eigenvalue weighted by Gasteiger charge is -2.05. The number of carbonyl (C=O) groups is 2. The minimum atomic E-state index is -0.366. The van der Waals surface area contributed by atoms with E-state index >= 15 is 0 Å². The van der Waals surface area contributed by atoms with Crippen LogP contribution in [0.2, 0.25) is 5.02 Å². The molecule has 0 spiro atoms. The molecule has 1 rings (SSSR count). The average molecular weight is 292 g/mol. The molecule has 80 valence electrons. The number of carbonyl (C=O) groups excluding carboxylic acids is 2. The standard InChI is InChI=1S/C10H8BrClO3/c1-15-10(14)3-6-2-7(5-13)9(12)4-8(6)11/h2,4-5H,3H2,1H3. The summed E-state index contributed by atoms with van der Waals surface area (Å²) in [5.74, 6) is -0.366. The molecule has 0 aromatic heterocycles. The molecule has 0 bridgehead atoms. The van der Waals surface area contributed by atoms with Gasteiger partial charge < -0.3 is 4.74 Å². The topological polar surface area (TPSA) is 43.4 Å². The summed E-state index contributed by atoms with van der Waals surface area (Å²) in [7, 11) is 1.31. The van der Waals surface area contributed by atoms with Crippen molar-refractivity contribution in [2.75, 3.05) is 7.11 Å². The molecule has 0 unspecified atom stereocenters. The zero-order chi connectivity index (χ0) is 11.4. The lowest BCUT2D eigenvalue weighted by molar-refractivity contribution is -0.139. The Labute approximate surface area is 100 Å². The van der Waals surface area contributed by atoms with E-state index in [1.807, 2.05) is 0 Å². The lowest BCUT2D eigenvalue weighted by atomic mass is 10.1. The molecule has 15 heavy (non-hydrogen) atoms. The van der Waals surface area contributed by atoms with Crippen LogP contribution < -0.4 is 0 Å². The van der Waals surface area contributed by atoms with E-state index in [9.17, 15) is 9.59 Å². The van der Waals surface area contributed by atoms with Crippen LogP contribution in [0.1, 0.15) is 15.9 Å². The first-order valence-corrected chi connectivity index (χ1v) is 5.25. The normalized spacial score (nSPS) is 9.80. The Bertz CT molecular complexity index is 404. The third-order valence-electron chi connectivity index (χ3n) is 1.86. The van der Waals surface area contributed by atoms with Gasteiger partial charge in [-0.25, -0.2) is 0 Å². The van der Waals surface area contributed by atoms with Crippen LogP contribution in [0.15, 0.2) is 16.6 Å². The number of benzene rings is 1. The van der Waals surface area contributed by atoms with E-state index < -0.39 is 0 Å². The van der Waals surface area contributed by atoms with Gasteiger partial charge in [0.1, 0.15) is 0 Å². The van der Waals surface area contributed by atoms with Crippen molar-refractivity contribution in [3.05, 3.63) is 32.8 Å². The molecular weight excluding hydrogens is 283 g/mol. The Morgan fingerprint density at radius 2 is 2.27 bits per heavy atom. The molecule has 0 fully saturated rings. The molecule has 0 aliphatic rings. The van der Waals surface area contributed by atoms with Crippen molar-refractivity contribution in [2.45, 2.75) is 6.42 Å². The third-order valence-corrected chi connectivity index (χ3v) is 2.92. The molecule has 0 amide bonds. The van der Waals surface area contributed by atoms with Crippen LogP contribution in [-0.2, 0) is 16.0 Å². The zero-order valence-corrected chi connectivity index (χ0v) is 10.3. The van der Waals surface area contributed by atoms with Crippen LogP contribution >= 0.6 is 27.5 Å². The first-order valence-electron chi connectivity index (χ1n) is 4.08. The predicted molar refractivity (Wildman–Crippen MR) is 60.3 cm³/mol. The Hall–Kier alpha value is -0.870. The van der Waals surface area contributed by atoms with Crippen LogP contribution in [0, 0.1) is 0 Å². The minimum Gasteiger partial charge on any atom is -0.469 e. The van der Waals surface area contributed by atoms with Gasteiger partial charge in [0.05, 0.1) is 18.6 Å². The number of esters is 1. The van der Waals surface area contributed by atoms with Crippen LogP contribution in [0.25, 0.3) is 0 Å². The predicted octanol–water partition coefficient (Wildman–Crippen LogP) is 2.63. The molecule has 0 heterocycles. The maximum atomic E-state index is 11.1. The van der Waals surface area contributed by atoms with Crippen LogP contribution in [0.4, 0.5) is 0 Å². The maximum Gasteiger partial charge on any atom is 0.310 e. The molecule has 0 radical (unpaired) electrons. The van der Waals surface area contributed by atoms with Gasteiger partial charge in [0, 0.05) is 10.0 Å². The number of methoxy groups -OCH3 is 1. The summed E-state index contributed by atoms with van der Waals surface area (Å²) in [4.78, 5) is 21.7. The molecule has 0 N–H and O–H groups in total. The molecule has 0 aliphatic carbocycles. The number of hydrogen-bond donors (Lipinski definition) is 0. The van der Waals surface area contributed by atoms with Gasteiger partial charge in [-0.2, -0.15) is 0 Å². The molecule has 0 saturated carbocycles. The lowest BCUT2D eigenvalue weighted by Crippen LogP contribution is -2.05. The van der Waals surface area contributed by atoms with Crippen molar-refractivity contribution < 1.29 is 14.3 Å². The van der Waals surface area contributed by atoms with Gasteiger partial charge in [-0.15, -0.1) is 0 Å². The molecule has 0 aliphatic heterocycles. The van der Waals surface area contributed by atoms with E-state index in [1.165, 1.54) is 7.11 Å². The highest BCUT2D eigenvalue weighted by Gasteiger charge is 2.10. The third kappa shape index (κ3) is 3.04. The number of rotatable bonds is 3. The Balaban J connectivity index is 3.07. The first kappa shape index (κ1) is 12.2. The molecule has 5 heteroatoms. The molecule has 1 aromatic rings. The smallest absolute Gasteiger partial charge is 0.310 e. The summed E-state index contributed by atoms with van der Waals surface area (Å²) in [6.07, 6.45) is 0.755. The van der Waals surface area contributed by atoms with Gasteiger partial charge in [-0.05, 0) is 17.7 Å². The van der Waals surface area contributed by atoms with Gasteiger partial charge in [0.2, 0.25) is 0 Å². The summed E-state index contributed by atoms with van der Waals surface area (Å²) in [6.45, 7) is 0. The quantitative estimate of drug-likeness (QED) is 0.635. The Kier molecular flexibility index (Phi) is 4.29. The number of hydrogen-bond acceptors (Lipinski definition) is 3. The van der Waals surface area contributed by atoms with Crippen molar-refractivity contribution in [2.24, 2.45) is 0 Å². The van der Waals surface area contributed by atoms with Gasteiger partial charge in [-0.1, -0.05) is 27.5 Å². The summed E-state index contributed by atoms with van der Waals surface area (Å²) in [5.41, 5.74) is 1.03. The van der Waals surface area contributed by atoms with Gasteiger partial charge in [0.25, 0.3) is 0 Å². The van der Waals surface area contributed by atoms with E-state index in [4.69, 9.17) is 11.6 Å². The van der Waals surface area contributed by atoms with Crippen molar-refractivity contribution in [3.8, 4) is 0 Å². The first-order chi connectivity index (χ1) is 7.08. The highest BCUT2D eigenvalue weighted by atomic mass is 79.9. The molecule has 3 nitrogen and oxygen atoms in total. The molecule has 0 saturated heterocycles. The largest absolute Gasteiger partial charge is 0.469 e. The van der Waals surface area contributed by atoms with E-state index in [0.717, 1.165) is 0 Å². The van der Waals surface area contributed by atoms with Gasteiger partial charge >= 0.3 is 5.97 Å². The van der Waals surface area contributed by atoms with Crippen molar-refractivity contribution in [1.29, 1.82) is 0 Å². The van der Waals surface area contributed by atoms with Crippen LogP contribution in [0.5, 0.6) is 0 Å². The number of ether oxygens (including phenoxy) is 1. The van der Waals surface area contributed by atoms with Crippen LogP contribution in [-0.4, -0.2) is 19.4 Å². The average Bonchev–Trinajstić information content (AvgIpc) is 2.21. The second-order valence-electron chi connectivity index (χ2n) is 2.84. The molecule has 1 aromatic carbocycles. The fourth-order valence-electron chi connectivity index (χ4n) is 1.07. The number of halogens is 2. The summed E-state index contributed by atoms with van der Waals surface area (Å²) < 4.78 is 5.22. The molecule has 0 atom stereocenters. The van der Waals surface area contributed by atoms with Gasteiger partial charge in [-0.3, -0.25) is 9.59 Å². The summed E-state index contributed by atoms with van der Waals surface area (Å²) in [6, 6.07) is 3.15. The minimum absolute atomic E-state index is 0.106. The maximum absolute atomic E-state index is 11.1. The van der Waals surface area contributed by atoms with Crippen molar-refractivity contribution in [1.82, 2.24) is 0 Å². The van der Waals surface area contributed by atoms with E-state index in [-0.39, 0.29) is 12.4 Å². The highest BCUT2D eigenvalue weighted by Crippen LogP contribution is 2.25. The Morgan fingerprint density at radius 3 is 2.80 bits per heavy atom. The fourth-order valence-corrected chi connectivity index (χ4v) is 1.89. The van der Waals surface area contributed by atoms with Gasteiger partial charge in [0.15, 0.2) is 6.29 Å². The number of aldehydes is 1. The summed E-state index contributed by atoms with van der Waals surface area (Å²) >= 11 is 9.05. The Morgan fingerprint density at radius 1 is 1.60 bits per heavy atom. The monoisotopic (exact) mass is 290 g/mol. The van der Waals surface area contributed by atoms with E-state index in [2.05, 4.69) is 20.7 Å². The molecular formula is C10H8BrClO3. The van der Waals surface area contributed by atoms with Crippen molar-refractivity contribution >= 4 is 39.8 Å². The van der Waals surface area contributed by atoms with Crippen molar-refractivity contribution in [3.63, 3.8) is 0 Å². The van der Waals surface area contributed by atoms with Crippen LogP contribution in [0.3, 0.4) is 0 Å². The SMILES string of the molecule is COC(=O)Cc1cc(C=O)c(Cl)cc1Br. The second kappa shape index (κ2) is 5.28.